The number of aryl methyl sites for hydroxylation is 3. The molecule has 0 saturated carbocycles. The minimum Gasteiger partial charge on any atom is -0.491 e. The van der Waals surface area contributed by atoms with Crippen molar-refractivity contribution in [2.45, 2.75) is 65.3 Å². The fraction of sp³-hybridized carbons (Fsp3) is 0.484. The van der Waals surface area contributed by atoms with Crippen LogP contribution in [-0.2, 0) is 17.8 Å². The van der Waals surface area contributed by atoms with E-state index in [0.29, 0.717) is 31.9 Å². The van der Waals surface area contributed by atoms with Crippen LogP contribution >= 0.6 is 0 Å². The summed E-state index contributed by atoms with van der Waals surface area (Å²) < 4.78 is 11.5. The number of aromatic nitrogens is 1. The first-order valence-electron chi connectivity index (χ1n) is 13.6. The van der Waals surface area contributed by atoms with Crippen molar-refractivity contribution in [1.82, 2.24) is 15.0 Å². The van der Waals surface area contributed by atoms with Gasteiger partial charge in [-0.2, -0.15) is 0 Å². The average Bonchev–Trinajstić information content (AvgIpc) is 3.21. The lowest BCUT2D eigenvalue weighted by Gasteiger charge is -2.27. The molecular weight excluding hydrogens is 462 g/mol. The van der Waals surface area contributed by atoms with Crippen LogP contribution in [0.3, 0.4) is 0 Å². The summed E-state index contributed by atoms with van der Waals surface area (Å²) in [5, 5.41) is 4.04. The standard InChI is InChI=1S/C31H41N3O3/c1-23-12-14-30-28(21-23)22-33(4)18-16-27(26-9-6-5-7-10-26)11-8-17-34(19-20-36-30)31(35)15-13-29-24(2)32-37-25(29)3/h5-7,9-10,12,14,21,27H,8,11,13,15-20,22H2,1-4H3. The number of carbonyl (C=O) groups is 1. The van der Waals surface area contributed by atoms with Gasteiger partial charge in [-0.3, -0.25) is 4.79 Å². The SMILES string of the molecule is Cc1ccc2c(c1)CN(C)CCC(c1ccccc1)CCCN(C(=O)CCc1c(C)noc1C)CCO2. The molecule has 1 amide bonds. The predicted molar refractivity (Wildman–Crippen MR) is 147 cm³/mol. The summed E-state index contributed by atoms with van der Waals surface area (Å²) in [6.45, 7) is 9.63. The molecule has 1 aliphatic rings. The molecule has 0 spiro atoms. The van der Waals surface area contributed by atoms with E-state index in [-0.39, 0.29) is 5.91 Å². The van der Waals surface area contributed by atoms with E-state index in [9.17, 15) is 4.79 Å². The minimum absolute atomic E-state index is 0.163. The molecule has 1 atom stereocenters. The number of hydrogen-bond acceptors (Lipinski definition) is 5. The Morgan fingerprint density at radius 2 is 1.84 bits per heavy atom. The van der Waals surface area contributed by atoms with Crippen LogP contribution in [0.2, 0.25) is 0 Å². The van der Waals surface area contributed by atoms with Crippen molar-refractivity contribution in [3.63, 3.8) is 0 Å². The lowest BCUT2D eigenvalue weighted by atomic mass is 9.91. The van der Waals surface area contributed by atoms with Crippen molar-refractivity contribution in [2.24, 2.45) is 0 Å². The number of benzene rings is 2. The maximum Gasteiger partial charge on any atom is 0.223 e. The van der Waals surface area contributed by atoms with Crippen molar-refractivity contribution in [3.8, 4) is 5.75 Å². The lowest BCUT2D eigenvalue weighted by molar-refractivity contribution is -0.131. The monoisotopic (exact) mass is 503 g/mol. The molecule has 1 unspecified atom stereocenters. The molecule has 0 aliphatic carbocycles. The molecular formula is C31H41N3O3. The van der Waals surface area contributed by atoms with Gasteiger partial charge in [0, 0.05) is 30.6 Å². The van der Waals surface area contributed by atoms with Gasteiger partial charge in [0.2, 0.25) is 5.91 Å². The Bertz CT molecular complexity index is 1140. The molecule has 1 aliphatic heterocycles. The zero-order chi connectivity index (χ0) is 26.2. The fourth-order valence-electron chi connectivity index (χ4n) is 5.33. The third-order valence-corrected chi connectivity index (χ3v) is 7.51. The molecule has 6 nitrogen and oxygen atoms in total. The summed E-state index contributed by atoms with van der Waals surface area (Å²) >= 11 is 0. The molecule has 0 fully saturated rings. The Morgan fingerprint density at radius 3 is 2.59 bits per heavy atom. The van der Waals surface area contributed by atoms with E-state index in [4.69, 9.17) is 9.26 Å². The highest BCUT2D eigenvalue weighted by Gasteiger charge is 2.20. The molecule has 198 valence electrons. The third-order valence-electron chi connectivity index (χ3n) is 7.51. The fourth-order valence-corrected chi connectivity index (χ4v) is 5.33. The minimum atomic E-state index is 0.163. The van der Waals surface area contributed by atoms with E-state index < -0.39 is 0 Å². The van der Waals surface area contributed by atoms with E-state index in [0.717, 1.165) is 61.7 Å². The number of carbonyl (C=O) groups excluding carboxylic acids is 1. The summed E-state index contributed by atoms with van der Waals surface area (Å²) in [4.78, 5) is 17.7. The Kier molecular flexibility index (Phi) is 9.40. The van der Waals surface area contributed by atoms with Gasteiger partial charge in [-0.1, -0.05) is 53.2 Å². The molecule has 37 heavy (non-hydrogen) atoms. The second-order valence-corrected chi connectivity index (χ2v) is 10.4. The van der Waals surface area contributed by atoms with Gasteiger partial charge in [0.1, 0.15) is 18.1 Å². The molecule has 0 bridgehead atoms. The van der Waals surface area contributed by atoms with Gasteiger partial charge in [-0.15, -0.1) is 0 Å². The highest BCUT2D eigenvalue weighted by Crippen LogP contribution is 2.27. The quantitative estimate of drug-likeness (QED) is 0.448. The molecule has 0 saturated heterocycles. The van der Waals surface area contributed by atoms with Crippen LogP contribution in [0, 0.1) is 20.8 Å². The molecule has 2 aromatic carbocycles. The highest BCUT2D eigenvalue weighted by molar-refractivity contribution is 5.76. The maximum absolute atomic E-state index is 13.4. The van der Waals surface area contributed by atoms with Crippen LogP contribution in [0.5, 0.6) is 5.75 Å². The zero-order valence-electron chi connectivity index (χ0n) is 22.8. The van der Waals surface area contributed by atoms with Crippen molar-refractivity contribution in [3.05, 3.63) is 82.2 Å². The summed E-state index contributed by atoms with van der Waals surface area (Å²) in [5.41, 5.74) is 5.74. The van der Waals surface area contributed by atoms with Crippen molar-refractivity contribution < 1.29 is 14.1 Å². The van der Waals surface area contributed by atoms with Crippen LogP contribution in [0.1, 0.15) is 65.3 Å². The Labute approximate surface area is 221 Å². The van der Waals surface area contributed by atoms with Gasteiger partial charge >= 0.3 is 0 Å². The number of nitrogens with zero attached hydrogens (tertiary/aromatic N) is 3. The first kappa shape index (κ1) is 26.9. The molecule has 1 aromatic heterocycles. The summed E-state index contributed by atoms with van der Waals surface area (Å²) in [6.07, 6.45) is 4.21. The number of hydrogen-bond donors (Lipinski definition) is 0. The molecule has 3 aromatic rings. The first-order valence-corrected chi connectivity index (χ1v) is 13.6. The van der Waals surface area contributed by atoms with E-state index in [1.807, 2.05) is 18.7 Å². The smallest absolute Gasteiger partial charge is 0.223 e. The van der Waals surface area contributed by atoms with Crippen molar-refractivity contribution in [1.29, 1.82) is 0 Å². The van der Waals surface area contributed by atoms with Crippen molar-refractivity contribution >= 4 is 5.91 Å². The second kappa shape index (κ2) is 12.9. The zero-order valence-corrected chi connectivity index (χ0v) is 22.8. The normalized spacial score (nSPS) is 18.1. The summed E-state index contributed by atoms with van der Waals surface area (Å²) in [6, 6.07) is 17.2. The number of amides is 1. The van der Waals surface area contributed by atoms with E-state index in [1.165, 1.54) is 16.7 Å². The second-order valence-electron chi connectivity index (χ2n) is 10.4. The largest absolute Gasteiger partial charge is 0.491 e. The number of fused-ring (bicyclic) bond motifs is 1. The molecule has 6 heteroatoms. The van der Waals surface area contributed by atoms with Gasteiger partial charge in [0.25, 0.3) is 0 Å². The summed E-state index contributed by atoms with van der Waals surface area (Å²) in [5.74, 6) is 2.35. The molecule has 4 rings (SSSR count). The molecule has 0 radical (unpaired) electrons. The van der Waals surface area contributed by atoms with Crippen LogP contribution in [0.25, 0.3) is 0 Å². The topological polar surface area (TPSA) is 58.8 Å². The lowest BCUT2D eigenvalue weighted by Crippen LogP contribution is -2.36. The van der Waals surface area contributed by atoms with E-state index >= 15 is 0 Å². The van der Waals surface area contributed by atoms with Gasteiger partial charge < -0.3 is 19.1 Å². The third kappa shape index (κ3) is 7.45. The van der Waals surface area contributed by atoms with Crippen LogP contribution < -0.4 is 4.74 Å². The van der Waals surface area contributed by atoms with Crippen LogP contribution in [0.4, 0.5) is 0 Å². The number of rotatable bonds is 4. The summed E-state index contributed by atoms with van der Waals surface area (Å²) in [7, 11) is 2.19. The predicted octanol–water partition coefficient (Wildman–Crippen LogP) is 5.84. The van der Waals surface area contributed by atoms with Crippen molar-refractivity contribution in [2.75, 3.05) is 33.3 Å². The average molecular weight is 504 g/mol. The van der Waals surface area contributed by atoms with E-state index in [1.54, 1.807) is 0 Å². The first-order chi connectivity index (χ1) is 17.9. The van der Waals surface area contributed by atoms with Crippen LogP contribution in [-0.4, -0.2) is 54.2 Å². The molecule has 0 N–H and O–H groups in total. The van der Waals surface area contributed by atoms with E-state index in [2.05, 4.69) is 72.6 Å². The van der Waals surface area contributed by atoms with Gasteiger partial charge in [0.05, 0.1) is 12.2 Å². The Hall–Kier alpha value is -3.12. The van der Waals surface area contributed by atoms with Gasteiger partial charge in [0.15, 0.2) is 0 Å². The van der Waals surface area contributed by atoms with Gasteiger partial charge in [-0.25, -0.2) is 0 Å². The Morgan fingerprint density at radius 1 is 1.03 bits per heavy atom. The molecule has 2 heterocycles. The maximum atomic E-state index is 13.4. The van der Waals surface area contributed by atoms with Crippen LogP contribution in [0.15, 0.2) is 53.1 Å². The highest BCUT2D eigenvalue weighted by atomic mass is 16.5. The Balaban J connectivity index is 1.51. The van der Waals surface area contributed by atoms with Gasteiger partial charge in [-0.05, 0) is 77.6 Å². The number of ether oxygens (including phenoxy) is 1.